The van der Waals surface area contributed by atoms with Crippen molar-refractivity contribution in [1.82, 2.24) is 9.88 Å². The summed E-state index contributed by atoms with van der Waals surface area (Å²) in [7, 11) is -4.38. The first kappa shape index (κ1) is 26.9. The molecule has 194 valence electrons. The smallest absolute Gasteiger partial charge is 0.266 e. The zero-order chi connectivity index (χ0) is 26.7. The van der Waals surface area contributed by atoms with Gasteiger partial charge in [-0.2, -0.15) is 0 Å². The van der Waals surface area contributed by atoms with E-state index in [4.69, 9.17) is 23.2 Å². The second-order valence-electron chi connectivity index (χ2n) is 8.87. The number of sulfonamides is 1. The molecular weight excluding hydrogens is 535 g/mol. The largest absolute Gasteiger partial charge is 0.340 e. The molecule has 1 aliphatic heterocycles. The molecule has 2 heterocycles. The first-order chi connectivity index (χ1) is 17.6. The number of halogens is 2. The fourth-order valence-corrected chi connectivity index (χ4v) is 6.65. The Morgan fingerprint density at radius 2 is 1.78 bits per heavy atom. The molecule has 0 saturated heterocycles. The monoisotopic (exact) mass is 560 g/mol. The van der Waals surface area contributed by atoms with Gasteiger partial charge in [0.05, 0.1) is 27.8 Å². The maximum atomic E-state index is 13.9. The number of benzene rings is 2. The van der Waals surface area contributed by atoms with Gasteiger partial charge in [0.2, 0.25) is 11.8 Å². The Kier molecular flexibility index (Phi) is 8.06. The number of nitrogens with zero attached hydrogens (tertiary/aromatic N) is 3. The van der Waals surface area contributed by atoms with Crippen molar-refractivity contribution in [2.45, 2.75) is 43.7 Å². The van der Waals surface area contributed by atoms with Gasteiger partial charge in [0.25, 0.3) is 10.0 Å². The average Bonchev–Trinajstić information content (AvgIpc) is 2.86. The molecule has 8 nitrogen and oxygen atoms in total. The number of anilines is 2. The van der Waals surface area contributed by atoms with Crippen molar-refractivity contribution in [2.75, 3.05) is 16.2 Å². The minimum atomic E-state index is -4.38. The number of rotatable bonds is 8. The van der Waals surface area contributed by atoms with E-state index in [0.717, 1.165) is 9.87 Å². The van der Waals surface area contributed by atoms with Crippen molar-refractivity contribution < 1.29 is 18.0 Å². The van der Waals surface area contributed by atoms with Crippen LogP contribution in [0.25, 0.3) is 0 Å². The van der Waals surface area contributed by atoms with Crippen molar-refractivity contribution in [2.24, 2.45) is 0 Å². The molecule has 1 N–H and O–H groups in total. The van der Waals surface area contributed by atoms with E-state index in [1.54, 1.807) is 41.6 Å². The van der Waals surface area contributed by atoms with Crippen LogP contribution in [0.5, 0.6) is 0 Å². The number of hydrogen-bond acceptors (Lipinski definition) is 5. The van der Waals surface area contributed by atoms with E-state index in [1.807, 2.05) is 26.0 Å². The van der Waals surface area contributed by atoms with Crippen LogP contribution in [-0.2, 0) is 26.0 Å². The standard InChI is InChI=1S/C26H26Cl2N4O4S/c1-17(2)31(15-12-18-10-13-29-14-11-18)24(33)16-22-26(34)30-20-7-3-4-8-21(20)32(22)37(35,36)23-9-5-6-19(27)25(23)28/h3-11,13-14,17,22H,12,15-16H2,1-2H3,(H,30,34). The number of carbonyl (C=O) groups excluding carboxylic acids is 2. The van der Waals surface area contributed by atoms with Crippen molar-refractivity contribution in [3.8, 4) is 0 Å². The van der Waals surface area contributed by atoms with Crippen molar-refractivity contribution in [1.29, 1.82) is 0 Å². The Labute approximate surface area is 226 Å². The van der Waals surface area contributed by atoms with E-state index in [2.05, 4.69) is 10.3 Å². The second-order valence-corrected chi connectivity index (χ2v) is 11.4. The minimum absolute atomic E-state index is 0.0622. The molecule has 0 fully saturated rings. The number of para-hydroxylation sites is 2. The molecule has 3 aromatic rings. The SMILES string of the molecule is CC(C)N(CCc1ccncc1)C(=O)CC1C(=O)Nc2ccccc2N1S(=O)(=O)c1cccc(Cl)c1Cl. The van der Waals surface area contributed by atoms with E-state index < -0.39 is 22.0 Å². The van der Waals surface area contributed by atoms with Gasteiger partial charge in [-0.25, -0.2) is 8.42 Å². The second kappa shape index (κ2) is 11.1. The van der Waals surface area contributed by atoms with Gasteiger partial charge in [-0.1, -0.05) is 41.4 Å². The van der Waals surface area contributed by atoms with Crippen molar-refractivity contribution >= 4 is 56.4 Å². The number of aromatic nitrogens is 1. The molecule has 1 unspecified atom stereocenters. The molecule has 1 aromatic heterocycles. The number of nitrogens with one attached hydrogen (secondary N) is 1. The predicted molar refractivity (Wildman–Crippen MR) is 144 cm³/mol. The summed E-state index contributed by atoms with van der Waals surface area (Å²) in [6.07, 6.45) is 3.60. The number of carbonyl (C=O) groups is 2. The average molecular weight is 561 g/mol. The normalized spacial score (nSPS) is 15.3. The van der Waals surface area contributed by atoms with Gasteiger partial charge in [0.1, 0.15) is 10.9 Å². The van der Waals surface area contributed by atoms with Gasteiger partial charge in [-0.3, -0.25) is 18.9 Å². The molecule has 1 aliphatic rings. The van der Waals surface area contributed by atoms with E-state index in [-0.39, 0.29) is 39.0 Å². The first-order valence-electron chi connectivity index (χ1n) is 11.7. The highest BCUT2D eigenvalue weighted by Gasteiger charge is 2.43. The third-order valence-electron chi connectivity index (χ3n) is 6.14. The van der Waals surface area contributed by atoms with Crippen LogP contribution < -0.4 is 9.62 Å². The Bertz CT molecular complexity index is 1420. The molecule has 2 aromatic carbocycles. The fraction of sp³-hybridized carbons (Fsp3) is 0.269. The summed E-state index contributed by atoms with van der Waals surface area (Å²) in [6.45, 7) is 4.15. The lowest BCUT2D eigenvalue weighted by atomic mass is 10.1. The molecule has 0 aliphatic carbocycles. The van der Waals surface area contributed by atoms with Crippen LogP contribution in [-0.4, -0.2) is 48.7 Å². The van der Waals surface area contributed by atoms with Crippen LogP contribution in [0.2, 0.25) is 10.0 Å². The number of fused-ring (bicyclic) bond motifs is 1. The summed E-state index contributed by atoms with van der Waals surface area (Å²) in [5.74, 6) is -0.951. The van der Waals surface area contributed by atoms with Crippen LogP contribution >= 0.6 is 23.2 Å². The van der Waals surface area contributed by atoms with Crippen molar-refractivity contribution in [3.63, 3.8) is 0 Å². The lowest BCUT2D eigenvalue weighted by Crippen LogP contribution is -2.53. The molecule has 1 atom stereocenters. The highest BCUT2D eigenvalue weighted by Crippen LogP contribution is 2.40. The lowest BCUT2D eigenvalue weighted by Gasteiger charge is -2.38. The van der Waals surface area contributed by atoms with Crippen LogP contribution in [0.4, 0.5) is 11.4 Å². The highest BCUT2D eigenvalue weighted by atomic mass is 35.5. The topological polar surface area (TPSA) is 99.7 Å². The summed E-state index contributed by atoms with van der Waals surface area (Å²) in [5, 5.41) is 2.65. The van der Waals surface area contributed by atoms with Crippen LogP contribution in [0.1, 0.15) is 25.8 Å². The zero-order valence-electron chi connectivity index (χ0n) is 20.3. The third kappa shape index (κ3) is 5.58. The lowest BCUT2D eigenvalue weighted by molar-refractivity contribution is -0.134. The van der Waals surface area contributed by atoms with Gasteiger partial charge in [-0.15, -0.1) is 0 Å². The molecule has 0 saturated carbocycles. The molecular formula is C26H26Cl2N4O4S. The molecule has 4 rings (SSSR count). The Balaban J connectivity index is 1.70. The maximum absolute atomic E-state index is 13.9. The van der Waals surface area contributed by atoms with Gasteiger partial charge in [-0.05, 0) is 62.2 Å². The molecule has 0 spiro atoms. The molecule has 0 radical (unpaired) electrons. The number of pyridine rings is 1. The minimum Gasteiger partial charge on any atom is -0.340 e. The van der Waals surface area contributed by atoms with E-state index in [1.165, 1.54) is 18.2 Å². The molecule has 11 heteroatoms. The maximum Gasteiger partial charge on any atom is 0.266 e. The van der Waals surface area contributed by atoms with Gasteiger partial charge >= 0.3 is 0 Å². The fourth-order valence-electron chi connectivity index (χ4n) is 4.28. The number of amides is 2. The van der Waals surface area contributed by atoms with E-state index >= 15 is 0 Å². The van der Waals surface area contributed by atoms with Gasteiger partial charge in [0, 0.05) is 25.0 Å². The predicted octanol–water partition coefficient (Wildman–Crippen LogP) is 4.77. The number of hydrogen-bond donors (Lipinski definition) is 1. The van der Waals surface area contributed by atoms with Crippen LogP contribution in [0, 0.1) is 0 Å². The molecule has 0 bridgehead atoms. The zero-order valence-corrected chi connectivity index (χ0v) is 22.6. The third-order valence-corrected chi connectivity index (χ3v) is 8.94. The highest BCUT2D eigenvalue weighted by molar-refractivity contribution is 7.93. The Morgan fingerprint density at radius 1 is 1.08 bits per heavy atom. The summed E-state index contributed by atoms with van der Waals surface area (Å²) >= 11 is 12.4. The van der Waals surface area contributed by atoms with Crippen molar-refractivity contribution in [3.05, 3.63) is 82.6 Å². The summed E-state index contributed by atoms with van der Waals surface area (Å²) < 4.78 is 28.9. The Hall–Kier alpha value is -3.14. The van der Waals surface area contributed by atoms with Gasteiger partial charge < -0.3 is 10.2 Å². The summed E-state index contributed by atoms with van der Waals surface area (Å²) in [6, 6.07) is 13.0. The van der Waals surface area contributed by atoms with E-state index in [0.29, 0.717) is 18.7 Å². The summed E-state index contributed by atoms with van der Waals surface area (Å²) in [5.41, 5.74) is 1.57. The van der Waals surface area contributed by atoms with Crippen LogP contribution in [0.15, 0.2) is 71.9 Å². The quantitative estimate of drug-likeness (QED) is 0.427. The van der Waals surface area contributed by atoms with Crippen LogP contribution in [0.3, 0.4) is 0 Å². The molecule has 2 amide bonds. The van der Waals surface area contributed by atoms with Gasteiger partial charge in [0.15, 0.2) is 0 Å². The Morgan fingerprint density at radius 3 is 2.49 bits per heavy atom. The molecule has 37 heavy (non-hydrogen) atoms. The summed E-state index contributed by atoms with van der Waals surface area (Å²) in [4.78, 5) is 32.2. The van der Waals surface area contributed by atoms with E-state index in [9.17, 15) is 18.0 Å². The first-order valence-corrected chi connectivity index (χ1v) is 13.9.